The molecule has 19 heavy (non-hydrogen) atoms. The lowest BCUT2D eigenvalue weighted by Crippen LogP contribution is -2.32. The maximum Gasteiger partial charge on any atom is 0.118 e. The molecule has 1 rings (SSSR count). The van der Waals surface area contributed by atoms with Crippen molar-refractivity contribution in [3.8, 4) is 5.75 Å². The van der Waals surface area contributed by atoms with Crippen molar-refractivity contribution < 1.29 is 19.7 Å². The summed E-state index contributed by atoms with van der Waals surface area (Å²) < 4.78 is 10.7. The van der Waals surface area contributed by atoms with E-state index >= 15 is 0 Å². The summed E-state index contributed by atoms with van der Waals surface area (Å²) in [6, 6.07) is 7.73. The van der Waals surface area contributed by atoms with Crippen molar-refractivity contribution in [2.24, 2.45) is 5.92 Å². The van der Waals surface area contributed by atoms with E-state index < -0.39 is 5.60 Å². The Morgan fingerprint density at radius 1 is 1.26 bits per heavy atom. The third-order valence-corrected chi connectivity index (χ3v) is 2.96. The van der Waals surface area contributed by atoms with E-state index in [1.807, 2.05) is 31.2 Å². The Labute approximate surface area is 115 Å². The minimum Gasteiger partial charge on any atom is -0.497 e. The molecule has 0 radical (unpaired) electrons. The van der Waals surface area contributed by atoms with Crippen LogP contribution in [0.15, 0.2) is 24.3 Å². The van der Waals surface area contributed by atoms with Crippen LogP contribution >= 0.6 is 0 Å². The van der Waals surface area contributed by atoms with Gasteiger partial charge in [0, 0.05) is 6.61 Å². The molecule has 0 heterocycles. The number of benzene rings is 1. The highest BCUT2D eigenvalue weighted by molar-refractivity contribution is 5.26. The predicted octanol–water partition coefficient (Wildman–Crippen LogP) is 1.98. The quantitative estimate of drug-likeness (QED) is 0.757. The van der Waals surface area contributed by atoms with Crippen molar-refractivity contribution in [2.45, 2.75) is 32.5 Å². The van der Waals surface area contributed by atoms with Gasteiger partial charge in [-0.1, -0.05) is 19.1 Å². The number of rotatable bonds is 8. The molecular formula is C15H24O4. The highest BCUT2D eigenvalue weighted by Crippen LogP contribution is 2.17. The molecule has 0 aromatic heterocycles. The van der Waals surface area contributed by atoms with Gasteiger partial charge in [0.2, 0.25) is 0 Å². The Morgan fingerprint density at radius 3 is 2.42 bits per heavy atom. The molecule has 0 fully saturated rings. The first-order valence-corrected chi connectivity index (χ1v) is 6.51. The summed E-state index contributed by atoms with van der Waals surface area (Å²) in [5, 5.41) is 18.7. The van der Waals surface area contributed by atoms with Crippen LogP contribution in [0.3, 0.4) is 0 Å². The van der Waals surface area contributed by atoms with E-state index in [4.69, 9.17) is 14.6 Å². The molecule has 1 aromatic rings. The molecule has 0 saturated carbocycles. The predicted molar refractivity (Wildman–Crippen MR) is 74.1 cm³/mol. The maximum atomic E-state index is 9.75. The van der Waals surface area contributed by atoms with E-state index in [-0.39, 0.29) is 12.5 Å². The molecule has 1 aromatic carbocycles. The highest BCUT2D eigenvalue weighted by atomic mass is 16.5. The Kier molecular flexibility index (Phi) is 6.28. The molecule has 2 N–H and O–H groups in total. The number of methoxy groups -OCH3 is 1. The van der Waals surface area contributed by atoms with Gasteiger partial charge in [-0.3, -0.25) is 0 Å². The van der Waals surface area contributed by atoms with Crippen LogP contribution in [0.1, 0.15) is 25.8 Å². The molecule has 2 atom stereocenters. The molecule has 0 saturated heterocycles. The molecular weight excluding hydrogens is 244 g/mol. The zero-order valence-electron chi connectivity index (χ0n) is 11.9. The molecule has 0 amide bonds. The molecule has 0 aliphatic rings. The molecule has 0 bridgehead atoms. The van der Waals surface area contributed by atoms with E-state index in [0.29, 0.717) is 19.6 Å². The fourth-order valence-corrected chi connectivity index (χ4v) is 1.97. The first kappa shape index (κ1) is 16.0. The summed E-state index contributed by atoms with van der Waals surface area (Å²) in [5.41, 5.74) is 0.0602. The molecule has 4 heteroatoms. The van der Waals surface area contributed by atoms with E-state index in [1.54, 1.807) is 14.0 Å². The standard InChI is InChI=1S/C15H24O4/c1-12(8-15(2,17)11-16)9-19-10-13-4-6-14(18-3)7-5-13/h4-7,12,16-17H,8-11H2,1-3H3/t12-,15-/m1/s1. The molecule has 0 unspecified atom stereocenters. The van der Waals surface area contributed by atoms with Gasteiger partial charge in [-0.2, -0.15) is 0 Å². The second-order valence-electron chi connectivity index (χ2n) is 5.33. The Morgan fingerprint density at radius 2 is 1.89 bits per heavy atom. The third-order valence-electron chi connectivity index (χ3n) is 2.96. The van der Waals surface area contributed by atoms with Crippen LogP contribution in [-0.4, -0.2) is 36.1 Å². The summed E-state index contributed by atoms with van der Waals surface area (Å²) in [7, 11) is 1.64. The van der Waals surface area contributed by atoms with Crippen molar-refractivity contribution in [3.05, 3.63) is 29.8 Å². The highest BCUT2D eigenvalue weighted by Gasteiger charge is 2.22. The fraction of sp³-hybridized carbons (Fsp3) is 0.600. The van der Waals surface area contributed by atoms with Gasteiger partial charge in [0.05, 0.1) is 25.9 Å². The topological polar surface area (TPSA) is 58.9 Å². The lowest BCUT2D eigenvalue weighted by atomic mass is 9.94. The van der Waals surface area contributed by atoms with Gasteiger partial charge < -0.3 is 19.7 Å². The van der Waals surface area contributed by atoms with Crippen molar-refractivity contribution >= 4 is 0 Å². The van der Waals surface area contributed by atoms with Crippen molar-refractivity contribution in [2.75, 3.05) is 20.3 Å². The van der Waals surface area contributed by atoms with Crippen molar-refractivity contribution in [1.82, 2.24) is 0 Å². The average molecular weight is 268 g/mol. The van der Waals surface area contributed by atoms with Crippen LogP contribution in [0.2, 0.25) is 0 Å². The number of hydrogen-bond donors (Lipinski definition) is 2. The van der Waals surface area contributed by atoms with Gasteiger partial charge in [-0.15, -0.1) is 0 Å². The minimum atomic E-state index is -1.02. The molecule has 4 nitrogen and oxygen atoms in total. The maximum absolute atomic E-state index is 9.75. The SMILES string of the molecule is COc1ccc(COC[C@H](C)C[C@@](C)(O)CO)cc1. The molecule has 0 aliphatic heterocycles. The second-order valence-corrected chi connectivity index (χ2v) is 5.33. The minimum absolute atomic E-state index is 0.195. The smallest absolute Gasteiger partial charge is 0.118 e. The van der Waals surface area contributed by atoms with Gasteiger partial charge in [0.25, 0.3) is 0 Å². The van der Waals surface area contributed by atoms with Gasteiger partial charge in [0.15, 0.2) is 0 Å². The monoisotopic (exact) mass is 268 g/mol. The Bertz CT molecular complexity index is 359. The first-order valence-electron chi connectivity index (χ1n) is 6.51. The van der Waals surface area contributed by atoms with Gasteiger partial charge in [-0.05, 0) is 37.0 Å². The first-order chi connectivity index (χ1) is 8.96. The van der Waals surface area contributed by atoms with Crippen LogP contribution in [0, 0.1) is 5.92 Å². The van der Waals surface area contributed by atoms with Crippen LogP contribution in [0.4, 0.5) is 0 Å². The Balaban J connectivity index is 2.29. The summed E-state index contributed by atoms with van der Waals surface area (Å²) >= 11 is 0. The van der Waals surface area contributed by atoms with Crippen LogP contribution in [-0.2, 0) is 11.3 Å². The number of aliphatic hydroxyl groups is 2. The number of ether oxygens (including phenoxy) is 2. The fourth-order valence-electron chi connectivity index (χ4n) is 1.97. The van der Waals surface area contributed by atoms with E-state index in [1.165, 1.54) is 0 Å². The third kappa shape index (κ3) is 6.05. The van der Waals surface area contributed by atoms with E-state index in [2.05, 4.69) is 0 Å². The molecule has 0 spiro atoms. The van der Waals surface area contributed by atoms with Crippen LogP contribution in [0.5, 0.6) is 5.75 Å². The van der Waals surface area contributed by atoms with Gasteiger partial charge in [0.1, 0.15) is 5.75 Å². The zero-order chi connectivity index (χ0) is 14.3. The molecule has 108 valence electrons. The zero-order valence-corrected chi connectivity index (χ0v) is 11.9. The summed E-state index contributed by atoms with van der Waals surface area (Å²) in [6.07, 6.45) is 0.520. The molecule has 0 aliphatic carbocycles. The van der Waals surface area contributed by atoms with Crippen molar-refractivity contribution in [1.29, 1.82) is 0 Å². The summed E-state index contributed by atoms with van der Waals surface area (Å²) in [5.74, 6) is 1.02. The van der Waals surface area contributed by atoms with E-state index in [0.717, 1.165) is 11.3 Å². The van der Waals surface area contributed by atoms with Crippen LogP contribution < -0.4 is 4.74 Å². The van der Waals surface area contributed by atoms with Gasteiger partial charge >= 0.3 is 0 Å². The van der Waals surface area contributed by atoms with Crippen molar-refractivity contribution in [3.63, 3.8) is 0 Å². The van der Waals surface area contributed by atoms with Crippen LogP contribution in [0.25, 0.3) is 0 Å². The average Bonchev–Trinajstić information content (AvgIpc) is 2.39. The normalized spacial score (nSPS) is 15.8. The number of hydrogen-bond acceptors (Lipinski definition) is 4. The largest absolute Gasteiger partial charge is 0.497 e. The lowest BCUT2D eigenvalue weighted by Gasteiger charge is -2.24. The van der Waals surface area contributed by atoms with Gasteiger partial charge in [-0.25, -0.2) is 0 Å². The number of aliphatic hydroxyl groups excluding tert-OH is 1. The second kappa shape index (κ2) is 7.48. The summed E-state index contributed by atoms with van der Waals surface area (Å²) in [4.78, 5) is 0. The lowest BCUT2D eigenvalue weighted by molar-refractivity contribution is -0.0283. The van der Waals surface area contributed by atoms with E-state index in [9.17, 15) is 5.11 Å². The Hall–Kier alpha value is -1.10. The summed E-state index contributed by atoms with van der Waals surface area (Å²) in [6.45, 7) is 4.50.